The Bertz CT molecular complexity index is 398. The molecule has 2 atom stereocenters. The largest absolute Gasteiger partial charge is 0.391 e. The lowest BCUT2D eigenvalue weighted by Crippen LogP contribution is -2.56. The van der Waals surface area contributed by atoms with Gasteiger partial charge in [-0.2, -0.15) is 5.10 Å². The molecule has 0 aliphatic carbocycles. The van der Waals surface area contributed by atoms with Gasteiger partial charge in [0.25, 0.3) is 0 Å². The Hall–Kier alpha value is -0.870. The summed E-state index contributed by atoms with van der Waals surface area (Å²) in [4.78, 5) is 2.48. The van der Waals surface area contributed by atoms with E-state index < -0.39 is 0 Å². The predicted octanol–water partition coefficient (Wildman–Crippen LogP) is 1.98. The van der Waals surface area contributed by atoms with Crippen molar-refractivity contribution in [1.29, 1.82) is 0 Å². The molecule has 0 bridgehead atoms. The van der Waals surface area contributed by atoms with E-state index >= 15 is 0 Å². The topological polar surface area (TPSA) is 41.3 Å². The SMILES string of the molecule is CCC(C)(C(O)Cc1ccn(C)n1)N1CCCCC1. The molecule has 0 aromatic carbocycles. The number of aliphatic hydroxyl groups is 1. The summed E-state index contributed by atoms with van der Waals surface area (Å²) in [5.41, 5.74) is 0.851. The summed E-state index contributed by atoms with van der Waals surface area (Å²) in [6, 6.07) is 2.00. The second kappa shape index (κ2) is 6.06. The Morgan fingerprint density at radius 3 is 2.58 bits per heavy atom. The summed E-state index contributed by atoms with van der Waals surface area (Å²) in [6.45, 7) is 6.61. The van der Waals surface area contributed by atoms with Crippen LogP contribution in [-0.4, -0.2) is 44.5 Å². The average Bonchev–Trinajstić information content (AvgIpc) is 2.84. The highest BCUT2D eigenvalue weighted by Gasteiger charge is 2.37. The molecule has 1 aliphatic rings. The van der Waals surface area contributed by atoms with Gasteiger partial charge in [-0.25, -0.2) is 0 Å². The van der Waals surface area contributed by atoms with Gasteiger partial charge >= 0.3 is 0 Å². The molecule has 1 saturated heterocycles. The molecule has 108 valence electrons. The minimum atomic E-state index is -0.356. The van der Waals surface area contributed by atoms with E-state index in [1.165, 1.54) is 19.3 Å². The van der Waals surface area contributed by atoms with Crippen molar-refractivity contribution >= 4 is 0 Å². The van der Waals surface area contributed by atoms with Crippen molar-refractivity contribution in [3.8, 4) is 0 Å². The van der Waals surface area contributed by atoms with Gasteiger partial charge in [0.05, 0.1) is 11.8 Å². The molecule has 2 heterocycles. The maximum Gasteiger partial charge on any atom is 0.0777 e. The molecule has 2 rings (SSSR count). The Morgan fingerprint density at radius 1 is 1.37 bits per heavy atom. The standard InChI is InChI=1S/C15H27N3O/c1-4-15(2,18-9-6-5-7-10-18)14(19)12-13-8-11-17(3)16-13/h8,11,14,19H,4-7,9-10,12H2,1-3H3. The molecule has 1 N–H and O–H groups in total. The first-order valence-electron chi connectivity index (χ1n) is 7.48. The summed E-state index contributed by atoms with van der Waals surface area (Å²) in [5, 5.41) is 15.1. The van der Waals surface area contributed by atoms with E-state index in [0.717, 1.165) is 25.2 Å². The zero-order chi connectivity index (χ0) is 13.9. The van der Waals surface area contributed by atoms with E-state index in [-0.39, 0.29) is 11.6 Å². The van der Waals surface area contributed by atoms with Crippen LogP contribution in [0.3, 0.4) is 0 Å². The van der Waals surface area contributed by atoms with Gasteiger partial charge in [0, 0.05) is 25.2 Å². The van der Waals surface area contributed by atoms with Gasteiger partial charge in [0.2, 0.25) is 0 Å². The summed E-state index contributed by atoms with van der Waals surface area (Å²) in [6.07, 6.45) is 7.03. The van der Waals surface area contributed by atoms with Crippen LogP contribution >= 0.6 is 0 Å². The van der Waals surface area contributed by atoms with Gasteiger partial charge in [0.1, 0.15) is 0 Å². The fraction of sp³-hybridized carbons (Fsp3) is 0.800. The van der Waals surface area contributed by atoms with Crippen LogP contribution in [0.2, 0.25) is 0 Å². The quantitative estimate of drug-likeness (QED) is 0.885. The van der Waals surface area contributed by atoms with Crippen molar-refractivity contribution in [3.63, 3.8) is 0 Å². The summed E-state index contributed by atoms with van der Waals surface area (Å²) >= 11 is 0. The van der Waals surface area contributed by atoms with E-state index in [1.807, 2.05) is 19.3 Å². The monoisotopic (exact) mass is 265 g/mol. The van der Waals surface area contributed by atoms with Gasteiger partial charge in [-0.15, -0.1) is 0 Å². The maximum atomic E-state index is 10.7. The molecule has 0 amide bonds. The molecule has 1 aromatic heterocycles. The number of rotatable bonds is 5. The number of nitrogens with zero attached hydrogens (tertiary/aromatic N) is 3. The second-order valence-corrected chi connectivity index (χ2v) is 5.96. The van der Waals surface area contributed by atoms with Gasteiger partial charge in [-0.3, -0.25) is 9.58 Å². The van der Waals surface area contributed by atoms with Crippen LogP contribution in [0.15, 0.2) is 12.3 Å². The third-order valence-corrected chi connectivity index (χ3v) is 4.68. The van der Waals surface area contributed by atoms with Gasteiger partial charge in [-0.05, 0) is 45.3 Å². The van der Waals surface area contributed by atoms with Crippen LogP contribution < -0.4 is 0 Å². The van der Waals surface area contributed by atoms with Gasteiger partial charge in [0.15, 0.2) is 0 Å². The highest BCUT2D eigenvalue weighted by molar-refractivity contribution is 5.05. The van der Waals surface area contributed by atoms with Gasteiger partial charge in [-0.1, -0.05) is 13.3 Å². The smallest absolute Gasteiger partial charge is 0.0777 e. The fourth-order valence-electron chi connectivity index (χ4n) is 3.06. The molecule has 1 aliphatic heterocycles. The van der Waals surface area contributed by atoms with Gasteiger partial charge < -0.3 is 5.11 Å². The van der Waals surface area contributed by atoms with Crippen LogP contribution in [0.1, 0.15) is 45.2 Å². The van der Waals surface area contributed by atoms with Crippen molar-refractivity contribution in [2.75, 3.05) is 13.1 Å². The number of piperidine rings is 1. The lowest BCUT2D eigenvalue weighted by molar-refractivity contribution is -0.0333. The molecular formula is C15H27N3O. The maximum absolute atomic E-state index is 10.7. The number of aliphatic hydroxyl groups excluding tert-OH is 1. The van der Waals surface area contributed by atoms with Crippen molar-refractivity contribution in [2.45, 2.75) is 57.6 Å². The first kappa shape index (κ1) is 14.5. The molecular weight excluding hydrogens is 238 g/mol. The average molecular weight is 265 g/mol. The van der Waals surface area contributed by atoms with E-state index in [2.05, 4.69) is 23.8 Å². The number of likely N-dealkylation sites (tertiary alicyclic amines) is 1. The van der Waals surface area contributed by atoms with Crippen molar-refractivity contribution in [2.24, 2.45) is 7.05 Å². The number of aromatic nitrogens is 2. The van der Waals surface area contributed by atoms with Crippen molar-refractivity contribution in [3.05, 3.63) is 18.0 Å². The highest BCUT2D eigenvalue weighted by Crippen LogP contribution is 2.28. The molecule has 0 saturated carbocycles. The van der Waals surface area contributed by atoms with Crippen LogP contribution in [-0.2, 0) is 13.5 Å². The first-order chi connectivity index (χ1) is 9.06. The Balaban J connectivity index is 2.06. The summed E-state index contributed by atoms with van der Waals surface area (Å²) in [7, 11) is 1.92. The molecule has 2 unspecified atom stereocenters. The lowest BCUT2D eigenvalue weighted by atomic mass is 9.85. The van der Waals surface area contributed by atoms with Crippen LogP contribution in [0.25, 0.3) is 0 Å². The second-order valence-electron chi connectivity index (χ2n) is 5.96. The molecule has 0 spiro atoms. The zero-order valence-corrected chi connectivity index (χ0v) is 12.5. The van der Waals surface area contributed by atoms with Crippen molar-refractivity contribution < 1.29 is 5.11 Å². The zero-order valence-electron chi connectivity index (χ0n) is 12.5. The fourth-order valence-corrected chi connectivity index (χ4v) is 3.06. The molecule has 1 aromatic rings. The number of hydrogen-bond donors (Lipinski definition) is 1. The predicted molar refractivity (Wildman–Crippen MR) is 77.0 cm³/mol. The third kappa shape index (κ3) is 3.18. The van der Waals surface area contributed by atoms with E-state index in [9.17, 15) is 5.11 Å². The molecule has 0 radical (unpaired) electrons. The first-order valence-corrected chi connectivity index (χ1v) is 7.48. The molecule has 19 heavy (non-hydrogen) atoms. The Labute approximate surface area is 116 Å². The Kier molecular flexibility index (Phi) is 4.63. The summed E-state index contributed by atoms with van der Waals surface area (Å²) < 4.78 is 1.80. The number of hydrogen-bond acceptors (Lipinski definition) is 3. The van der Waals surface area contributed by atoms with Crippen LogP contribution in [0.5, 0.6) is 0 Å². The van der Waals surface area contributed by atoms with E-state index in [1.54, 1.807) is 4.68 Å². The number of aryl methyl sites for hydroxylation is 1. The minimum absolute atomic E-state index is 0.127. The lowest BCUT2D eigenvalue weighted by Gasteiger charge is -2.46. The van der Waals surface area contributed by atoms with Crippen LogP contribution in [0.4, 0.5) is 0 Å². The van der Waals surface area contributed by atoms with E-state index in [4.69, 9.17) is 0 Å². The van der Waals surface area contributed by atoms with E-state index in [0.29, 0.717) is 6.42 Å². The highest BCUT2D eigenvalue weighted by atomic mass is 16.3. The minimum Gasteiger partial charge on any atom is -0.391 e. The normalized spacial score (nSPS) is 22.1. The third-order valence-electron chi connectivity index (χ3n) is 4.68. The molecule has 4 nitrogen and oxygen atoms in total. The summed E-state index contributed by atoms with van der Waals surface area (Å²) in [5.74, 6) is 0. The Morgan fingerprint density at radius 2 is 2.05 bits per heavy atom. The molecule has 1 fully saturated rings. The van der Waals surface area contributed by atoms with Crippen LogP contribution in [0, 0.1) is 0 Å². The van der Waals surface area contributed by atoms with Crippen molar-refractivity contribution in [1.82, 2.24) is 14.7 Å². The molecule has 4 heteroatoms.